The van der Waals surface area contributed by atoms with Gasteiger partial charge in [-0.15, -0.1) is 0 Å². The Bertz CT molecular complexity index is 1220. The first-order chi connectivity index (χ1) is 21.8. The number of likely N-dealkylation sites (tertiary alicyclic amines) is 2. The van der Waals surface area contributed by atoms with E-state index < -0.39 is 6.04 Å². The Hall–Kier alpha value is -2.16. The van der Waals surface area contributed by atoms with Gasteiger partial charge in [0.15, 0.2) is 0 Å². The van der Waals surface area contributed by atoms with E-state index in [0.717, 1.165) is 37.8 Å². The van der Waals surface area contributed by atoms with Crippen LogP contribution in [0.2, 0.25) is 5.02 Å². The highest BCUT2D eigenvalue weighted by Crippen LogP contribution is 2.40. The Morgan fingerprint density at radius 1 is 0.891 bits per heavy atom. The summed E-state index contributed by atoms with van der Waals surface area (Å²) in [5, 5.41) is 0.674. The molecule has 4 fully saturated rings. The van der Waals surface area contributed by atoms with E-state index in [9.17, 15) is 14.4 Å². The molecule has 1 aromatic rings. The molecule has 5 atom stereocenters. The van der Waals surface area contributed by atoms with E-state index in [4.69, 9.17) is 16.3 Å². The van der Waals surface area contributed by atoms with Gasteiger partial charge in [-0.05, 0) is 82.4 Å². The van der Waals surface area contributed by atoms with Gasteiger partial charge in [0.05, 0.1) is 25.2 Å². The summed E-state index contributed by atoms with van der Waals surface area (Å²) in [4.78, 5) is 51.8. The summed E-state index contributed by atoms with van der Waals surface area (Å²) in [6.45, 7) is 19.0. The van der Waals surface area contributed by atoms with E-state index in [1.54, 1.807) is 0 Å². The van der Waals surface area contributed by atoms with Crippen molar-refractivity contribution in [3.8, 4) is 0 Å². The molecule has 1 aromatic carbocycles. The first-order valence-corrected chi connectivity index (χ1v) is 18.1. The fraction of sp³-hybridized carbons (Fsp3) is 0.757. The second-order valence-corrected chi connectivity index (χ2v) is 16.3. The molecule has 8 nitrogen and oxygen atoms in total. The molecular weight excluding hydrogens is 600 g/mol. The van der Waals surface area contributed by atoms with Crippen LogP contribution in [0.5, 0.6) is 0 Å². The fourth-order valence-electron chi connectivity index (χ4n) is 8.05. The van der Waals surface area contributed by atoms with Crippen LogP contribution in [-0.4, -0.2) is 107 Å². The van der Waals surface area contributed by atoms with Crippen molar-refractivity contribution in [2.75, 3.05) is 45.9 Å². The van der Waals surface area contributed by atoms with E-state index in [-0.39, 0.29) is 59.0 Å². The van der Waals surface area contributed by atoms with Gasteiger partial charge < -0.3 is 19.4 Å². The summed E-state index contributed by atoms with van der Waals surface area (Å²) in [5.41, 5.74) is 0.991. The molecule has 3 aliphatic heterocycles. The standard InChI is InChI=1S/C37H57ClN4O4/c1-24(2)26(4)34(43)42(29-14-8-25(3)9-15-29)30-20-33(36(45)39-16-18-46-19-17-39)41(21-30)35(44)32-23-40(37(5,6)7)22-31(32)27-10-12-28(38)13-11-27/h10-13,24-26,29-33H,8-9,14-23H2,1-7H3/t25?,26?,29?,30-,31-,32+,33-/m0/s1. The van der Waals surface area contributed by atoms with Crippen molar-refractivity contribution < 1.29 is 19.1 Å². The highest BCUT2D eigenvalue weighted by molar-refractivity contribution is 6.30. The molecule has 0 spiro atoms. The van der Waals surface area contributed by atoms with E-state index >= 15 is 0 Å². The normalized spacial score (nSPS) is 30.1. The summed E-state index contributed by atoms with van der Waals surface area (Å²) < 4.78 is 5.57. The molecule has 0 radical (unpaired) electrons. The molecule has 4 aliphatic rings. The predicted molar refractivity (Wildman–Crippen MR) is 183 cm³/mol. The maximum absolute atomic E-state index is 14.9. The lowest BCUT2D eigenvalue weighted by molar-refractivity contribution is -0.148. The van der Waals surface area contributed by atoms with Crippen LogP contribution in [0.4, 0.5) is 0 Å². The minimum atomic E-state index is -0.586. The second kappa shape index (κ2) is 14.5. The first kappa shape index (κ1) is 35.2. The third-order valence-corrected chi connectivity index (χ3v) is 11.7. The molecule has 0 N–H and O–H groups in total. The number of hydrogen-bond donors (Lipinski definition) is 0. The van der Waals surface area contributed by atoms with E-state index in [1.165, 1.54) is 0 Å². The average molecular weight is 657 g/mol. The maximum atomic E-state index is 14.9. The lowest BCUT2D eigenvalue weighted by atomic mass is 9.84. The predicted octanol–water partition coefficient (Wildman–Crippen LogP) is 5.68. The molecule has 5 rings (SSSR count). The molecule has 256 valence electrons. The van der Waals surface area contributed by atoms with Crippen LogP contribution in [0.15, 0.2) is 24.3 Å². The van der Waals surface area contributed by atoms with Crippen molar-refractivity contribution in [3.63, 3.8) is 0 Å². The number of carbonyl (C=O) groups is 3. The quantitative estimate of drug-likeness (QED) is 0.378. The number of carbonyl (C=O) groups excluding carboxylic acids is 3. The van der Waals surface area contributed by atoms with Gasteiger partial charge in [-0.2, -0.15) is 0 Å². The van der Waals surface area contributed by atoms with Crippen LogP contribution >= 0.6 is 11.6 Å². The molecule has 1 aliphatic carbocycles. The Morgan fingerprint density at radius 3 is 2.11 bits per heavy atom. The molecular formula is C37H57ClN4O4. The molecule has 9 heteroatoms. The van der Waals surface area contributed by atoms with Crippen molar-refractivity contribution in [2.45, 2.75) is 110 Å². The summed E-state index contributed by atoms with van der Waals surface area (Å²) in [5.74, 6) is 0.633. The number of halogens is 1. The largest absolute Gasteiger partial charge is 0.378 e. The Kier molecular flexibility index (Phi) is 11.1. The molecule has 3 amide bonds. The molecule has 0 bridgehead atoms. The van der Waals surface area contributed by atoms with E-state index in [1.807, 2.05) is 41.0 Å². The van der Waals surface area contributed by atoms with E-state index in [2.05, 4.69) is 51.3 Å². The fourth-order valence-corrected chi connectivity index (χ4v) is 8.17. The van der Waals surface area contributed by atoms with Crippen molar-refractivity contribution >= 4 is 29.3 Å². The van der Waals surface area contributed by atoms with Crippen LogP contribution in [0.1, 0.15) is 92.1 Å². The van der Waals surface area contributed by atoms with E-state index in [0.29, 0.717) is 56.8 Å². The highest BCUT2D eigenvalue weighted by atomic mass is 35.5. The van der Waals surface area contributed by atoms with Crippen molar-refractivity contribution in [2.24, 2.45) is 23.7 Å². The van der Waals surface area contributed by atoms with Crippen molar-refractivity contribution in [1.82, 2.24) is 19.6 Å². The number of nitrogens with zero attached hydrogens (tertiary/aromatic N) is 4. The van der Waals surface area contributed by atoms with Gasteiger partial charge >= 0.3 is 0 Å². The molecule has 0 aromatic heterocycles. The Balaban J connectivity index is 1.49. The molecule has 3 heterocycles. The zero-order valence-corrected chi connectivity index (χ0v) is 30.0. The van der Waals surface area contributed by atoms with Gasteiger partial charge in [0.1, 0.15) is 6.04 Å². The van der Waals surface area contributed by atoms with Crippen LogP contribution in [0, 0.1) is 23.7 Å². The summed E-state index contributed by atoms with van der Waals surface area (Å²) in [6, 6.07) is 7.27. The number of ether oxygens (including phenoxy) is 1. The maximum Gasteiger partial charge on any atom is 0.245 e. The van der Waals surface area contributed by atoms with Gasteiger partial charge in [-0.3, -0.25) is 19.3 Å². The molecule has 1 unspecified atom stereocenters. The Morgan fingerprint density at radius 2 is 1.52 bits per heavy atom. The lowest BCUT2D eigenvalue weighted by Crippen LogP contribution is -2.53. The van der Waals surface area contributed by atoms with Crippen LogP contribution in [0.25, 0.3) is 0 Å². The topological polar surface area (TPSA) is 73.4 Å². The molecule has 3 saturated heterocycles. The van der Waals surface area contributed by atoms with Gasteiger partial charge in [-0.1, -0.05) is 51.4 Å². The Labute approximate surface area is 282 Å². The number of morpholine rings is 1. The van der Waals surface area contributed by atoms with Crippen LogP contribution < -0.4 is 0 Å². The summed E-state index contributed by atoms with van der Waals surface area (Å²) in [7, 11) is 0. The monoisotopic (exact) mass is 656 g/mol. The third kappa shape index (κ3) is 7.60. The van der Waals surface area contributed by atoms with Gasteiger partial charge in [0.25, 0.3) is 0 Å². The van der Waals surface area contributed by atoms with Crippen LogP contribution in [-0.2, 0) is 19.1 Å². The number of rotatable bonds is 7. The van der Waals surface area contributed by atoms with Gasteiger partial charge in [0, 0.05) is 61.2 Å². The summed E-state index contributed by atoms with van der Waals surface area (Å²) >= 11 is 6.27. The molecule has 1 saturated carbocycles. The average Bonchev–Trinajstić information content (AvgIpc) is 3.68. The van der Waals surface area contributed by atoms with Crippen molar-refractivity contribution in [1.29, 1.82) is 0 Å². The SMILES string of the molecule is CC1CCC(N(C(=O)C(C)C(C)C)[C@H]2C[C@@H](C(=O)N3CCOCC3)N(C(=O)[C@@H]3CN(C(C)(C)C)C[C@H]3c3ccc(Cl)cc3)C2)CC1. The minimum absolute atomic E-state index is 0.00515. The smallest absolute Gasteiger partial charge is 0.245 e. The lowest BCUT2D eigenvalue weighted by Gasteiger charge is -2.41. The number of amides is 3. The number of benzene rings is 1. The zero-order valence-electron chi connectivity index (χ0n) is 29.2. The second-order valence-electron chi connectivity index (χ2n) is 15.9. The first-order valence-electron chi connectivity index (χ1n) is 17.8. The summed E-state index contributed by atoms with van der Waals surface area (Å²) in [6.07, 6.45) is 4.65. The van der Waals surface area contributed by atoms with Crippen molar-refractivity contribution in [3.05, 3.63) is 34.9 Å². The minimum Gasteiger partial charge on any atom is -0.378 e. The zero-order chi connectivity index (χ0) is 33.3. The van der Waals surface area contributed by atoms with Gasteiger partial charge in [0.2, 0.25) is 17.7 Å². The number of hydrogen-bond acceptors (Lipinski definition) is 5. The molecule has 46 heavy (non-hydrogen) atoms. The third-order valence-electron chi connectivity index (χ3n) is 11.5. The van der Waals surface area contributed by atoms with Gasteiger partial charge in [-0.25, -0.2) is 0 Å². The highest BCUT2D eigenvalue weighted by Gasteiger charge is 2.51. The van der Waals surface area contributed by atoms with Crippen LogP contribution in [0.3, 0.4) is 0 Å².